The quantitative estimate of drug-likeness (QED) is 0.307. The van der Waals surface area contributed by atoms with E-state index in [1.54, 1.807) is 6.20 Å². The highest BCUT2D eigenvalue weighted by Crippen LogP contribution is 2.24. The van der Waals surface area contributed by atoms with Crippen LogP contribution in [0.15, 0.2) is 36.7 Å². The first-order chi connectivity index (χ1) is 16.0. The molecular weight excluding hydrogens is 432 g/mol. The fourth-order valence-corrected chi connectivity index (χ4v) is 5.14. The number of aromatic nitrogens is 2. The second-order valence-electron chi connectivity index (χ2n) is 8.87. The van der Waals surface area contributed by atoms with Crippen molar-refractivity contribution in [2.24, 2.45) is 0 Å². The van der Waals surface area contributed by atoms with Crippen LogP contribution in [0.5, 0.6) is 0 Å². The van der Waals surface area contributed by atoms with E-state index >= 15 is 0 Å². The zero-order valence-electron chi connectivity index (χ0n) is 19.6. The van der Waals surface area contributed by atoms with E-state index in [1.165, 1.54) is 11.3 Å². The van der Waals surface area contributed by atoms with Gasteiger partial charge in [-0.25, -0.2) is 4.98 Å². The number of hydrogen-bond acceptors (Lipinski definition) is 6. The first-order valence-corrected chi connectivity index (χ1v) is 12.7. The summed E-state index contributed by atoms with van der Waals surface area (Å²) in [6.45, 7) is 6.02. The largest absolute Gasteiger partial charge is 0.361 e. The molecule has 4 rings (SSSR count). The predicted octanol–water partition coefficient (Wildman–Crippen LogP) is 4.32. The lowest BCUT2D eigenvalue weighted by Gasteiger charge is -2.32. The van der Waals surface area contributed by atoms with Crippen molar-refractivity contribution in [3.63, 3.8) is 0 Å². The lowest BCUT2D eigenvalue weighted by Crippen LogP contribution is -2.44. The number of carbonyl (C=O) groups excluding carboxylic acids is 1. The molecule has 176 valence electrons. The topological polar surface area (TPSA) is 88.1 Å². The zero-order valence-corrected chi connectivity index (χ0v) is 20.4. The molecule has 0 saturated carbocycles. The SMILES string of the molecule is CCCCCC(=N)C(Cc1c[nH]c2ccccc12)NC(=O)c1cnc(N2CCN(C)CC2)s1. The van der Waals surface area contributed by atoms with E-state index < -0.39 is 0 Å². The van der Waals surface area contributed by atoms with Crippen molar-refractivity contribution in [2.45, 2.75) is 45.1 Å². The minimum atomic E-state index is -0.331. The van der Waals surface area contributed by atoms with Crippen molar-refractivity contribution in [3.8, 4) is 0 Å². The number of rotatable bonds is 10. The van der Waals surface area contributed by atoms with Crippen LogP contribution in [0.2, 0.25) is 0 Å². The van der Waals surface area contributed by atoms with Crippen LogP contribution >= 0.6 is 11.3 Å². The summed E-state index contributed by atoms with van der Waals surface area (Å²) in [5.74, 6) is -0.141. The Balaban J connectivity index is 1.47. The van der Waals surface area contributed by atoms with Gasteiger partial charge in [0.15, 0.2) is 5.13 Å². The first kappa shape index (κ1) is 23.4. The monoisotopic (exact) mass is 466 g/mol. The number of H-pyrrole nitrogens is 1. The molecule has 1 aliphatic rings. The van der Waals surface area contributed by atoms with Gasteiger partial charge < -0.3 is 25.5 Å². The number of piperazine rings is 1. The fourth-order valence-electron chi connectivity index (χ4n) is 4.26. The summed E-state index contributed by atoms with van der Waals surface area (Å²) in [7, 11) is 2.13. The maximum Gasteiger partial charge on any atom is 0.263 e. The summed E-state index contributed by atoms with van der Waals surface area (Å²) in [6.07, 6.45) is 8.17. The standard InChI is InChI=1S/C25H34N6OS/c1-3-4-5-9-20(26)22(15-18-16-27-21-10-7-6-8-19(18)21)29-24(32)23-17-28-25(33-23)31-13-11-30(2)12-14-31/h6-8,10,16-17,22,26-27H,3-5,9,11-15H2,1-2H3,(H,29,32). The average Bonchev–Trinajstić information content (AvgIpc) is 3.47. The number of aromatic amines is 1. The molecular formula is C25H34N6OS. The van der Waals surface area contributed by atoms with Crippen molar-refractivity contribution < 1.29 is 4.79 Å². The summed E-state index contributed by atoms with van der Waals surface area (Å²) >= 11 is 1.44. The van der Waals surface area contributed by atoms with Crippen LogP contribution in [-0.4, -0.2) is 65.8 Å². The highest BCUT2D eigenvalue weighted by Gasteiger charge is 2.23. The van der Waals surface area contributed by atoms with Crippen LogP contribution in [0.25, 0.3) is 10.9 Å². The fraction of sp³-hybridized carbons (Fsp3) is 0.480. The van der Waals surface area contributed by atoms with E-state index in [0.717, 1.165) is 67.0 Å². The molecule has 1 fully saturated rings. The Hall–Kier alpha value is -2.71. The molecule has 1 atom stereocenters. The van der Waals surface area contributed by atoms with Gasteiger partial charge in [0.2, 0.25) is 0 Å². The van der Waals surface area contributed by atoms with Gasteiger partial charge in [-0.2, -0.15) is 0 Å². The maximum absolute atomic E-state index is 13.2. The molecule has 0 aliphatic carbocycles. The van der Waals surface area contributed by atoms with Gasteiger partial charge in [0.05, 0.1) is 12.2 Å². The summed E-state index contributed by atoms with van der Waals surface area (Å²) in [6, 6.07) is 7.85. The molecule has 0 bridgehead atoms. The number of carbonyl (C=O) groups is 1. The number of amides is 1. The molecule has 0 spiro atoms. The Bertz CT molecular complexity index is 1080. The molecule has 1 aliphatic heterocycles. The Morgan fingerprint density at radius 3 is 2.82 bits per heavy atom. The summed E-state index contributed by atoms with van der Waals surface area (Å²) in [5.41, 5.74) is 2.79. The van der Waals surface area contributed by atoms with Crippen LogP contribution < -0.4 is 10.2 Å². The van der Waals surface area contributed by atoms with Crippen LogP contribution in [-0.2, 0) is 6.42 Å². The molecule has 1 unspecified atom stereocenters. The number of para-hydroxylation sites is 1. The van der Waals surface area contributed by atoms with Gasteiger partial charge in [0, 0.05) is 55.4 Å². The van der Waals surface area contributed by atoms with E-state index in [0.29, 0.717) is 23.4 Å². The van der Waals surface area contributed by atoms with Crippen molar-refractivity contribution >= 4 is 39.0 Å². The Morgan fingerprint density at radius 2 is 2.03 bits per heavy atom. The third kappa shape index (κ3) is 5.81. The Kier molecular flexibility index (Phi) is 7.77. The second-order valence-corrected chi connectivity index (χ2v) is 9.88. The molecule has 1 saturated heterocycles. The number of hydrogen-bond donors (Lipinski definition) is 3. The molecule has 7 nitrogen and oxygen atoms in total. The predicted molar refractivity (Wildman–Crippen MR) is 137 cm³/mol. The Labute approximate surface area is 199 Å². The second kappa shape index (κ2) is 10.9. The van der Waals surface area contributed by atoms with Crippen molar-refractivity contribution in [3.05, 3.63) is 47.1 Å². The van der Waals surface area contributed by atoms with Crippen molar-refractivity contribution in [1.82, 2.24) is 20.2 Å². The number of likely N-dealkylation sites (N-methyl/N-ethyl adjacent to an activating group) is 1. The third-order valence-electron chi connectivity index (χ3n) is 6.37. The molecule has 33 heavy (non-hydrogen) atoms. The van der Waals surface area contributed by atoms with E-state index in [1.807, 2.05) is 18.3 Å². The van der Waals surface area contributed by atoms with E-state index in [-0.39, 0.29) is 11.9 Å². The number of benzene rings is 1. The van der Waals surface area contributed by atoms with E-state index in [4.69, 9.17) is 5.41 Å². The average molecular weight is 467 g/mol. The van der Waals surface area contributed by atoms with Crippen LogP contribution in [0.1, 0.15) is 47.8 Å². The van der Waals surface area contributed by atoms with Gasteiger partial charge in [0.1, 0.15) is 4.88 Å². The van der Waals surface area contributed by atoms with Gasteiger partial charge >= 0.3 is 0 Å². The number of unbranched alkanes of at least 4 members (excludes halogenated alkanes) is 2. The molecule has 3 aromatic rings. The number of nitrogens with zero attached hydrogens (tertiary/aromatic N) is 3. The lowest BCUT2D eigenvalue weighted by molar-refractivity contribution is 0.0950. The van der Waals surface area contributed by atoms with Gasteiger partial charge in [-0.15, -0.1) is 0 Å². The number of fused-ring (bicyclic) bond motifs is 1. The number of anilines is 1. The van der Waals surface area contributed by atoms with E-state index in [2.05, 4.69) is 51.2 Å². The third-order valence-corrected chi connectivity index (χ3v) is 7.42. The van der Waals surface area contributed by atoms with E-state index in [9.17, 15) is 4.79 Å². The molecule has 0 radical (unpaired) electrons. The van der Waals surface area contributed by atoms with Gasteiger partial charge in [-0.3, -0.25) is 4.79 Å². The van der Waals surface area contributed by atoms with Crippen molar-refractivity contribution in [2.75, 3.05) is 38.1 Å². The van der Waals surface area contributed by atoms with Crippen molar-refractivity contribution in [1.29, 1.82) is 5.41 Å². The highest BCUT2D eigenvalue weighted by atomic mass is 32.1. The molecule has 3 N–H and O–H groups in total. The summed E-state index contributed by atoms with van der Waals surface area (Å²) in [5, 5.41) is 13.9. The van der Waals surface area contributed by atoms with Crippen LogP contribution in [0.4, 0.5) is 5.13 Å². The minimum Gasteiger partial charge on any atom is -0.361 e. The molecule has 1 amide bonds. The van der Waals surface area contributed by atoms with Crippen LogP contribution in [0.3, 0.4) is 0 Å². The zero-order chi connectivity index (χ0) is 23.2. The minimum absolute atomic E-state index is 0.141. The molecule has 8 heteroatoms. The maximum atomic E-state index is 13.2. The first-order valence-electron chi connectivity index (χ1n) is 11.9. The summed E-state index contributed by atoms with van der Waals surface area (Å²) in [4.78, 5) is 26.1. The normalized spacial score (nSPS) is 15.6. The summed E-state index contributed by atoms with van der Waals surface area (Å²) < 4.78 is 0. The smallest absolute Gasteiger partial charge is 0.263 e. The highest BCUT2D eigenvalue weighted by molar-refractivity contribution is 7.17. The lowest BCUT2D eigenvalue weighted by atomic mass is 9.97. The van der Waals surface area contributed by atoms with Crippen LogP contribution in [0, 0.1) is 5.41 Å². The number of thiazole rings is 1. The molecule has 1 aromatic carbocycles. The number of nitrogens with one attached hydrogen (secondary N) is 3. The Morgan fingerprint density at radius 1 is 1.24 bits per heavy atom. The van der Waals surface area contributed by atoms with Gasteiger partial charge in [-0.05, 0) is 31.5 Å². The molecule has 3 heterocycles. The van der Waals surface area contributed by atoms with Gasteiger partial charge in [0.25, 0.3) is 5.91 Å². The molecule has 2 aromatic heterocycles. The van der Waals surface area contributed by atoms with Gasteiger partial charge in [-0.1, -0.05) is 49.3 Å².